The fraction of sp³-hybridized carbons (Fsp3) is 0.357. The van der Waals surface area contributed by atoms with Gasteiger partial charge < -0.3 is 19.5 Å². The number of halogens is 2. The molecule has 0 radical (unpaired) electrons. The molecule has 1 N–H and O–H groups in total. The highest BCUT2D eigenvalue weighted by atomic mass is 35.5. The minimum Gasteiger partial charge on any atom is -0.493 e. The quantitative estimate of drug-likeness (QED) is 0.389. The third-order valence-corrected chi connectivity index (χ3v) is 6.93. The monoisotopic (exact) mass is 556 g/mol. The number of anilines is 1. The molecule has 0 saturated heterocycles. The van der Waals surface area contributed by atoms with Crippen molar-refractivity contribution in [2.24, 2.45) is 0 Å². The molecule has 1 aromatic heterocycles. The minimum atomic E-state index is -1.24. The Morgan fingerprint density at radius 3 is 2.28 bits per heavy atom. The number of amides is 2. The topological polar surface area (TPSA) is 103 Å². The smallest absolute Gasteiger partial charge is 0.279 e. The molecule has 0 spiro atoms. The summed E-state index contributed by atoms with van der Waals surface area (Å²) in [5.74, 6) is -0.815. The predicted octanol–water partition coefficient (Wildman–Crippen LogP) is 5.13. The Labute approximate surface area is 231 Å². The zero-order valence-electron chi connectivity index (χ0n) is 21.9. The Bertz CT molecular complexity index is 1300. The van der Waals surface area contributed by atoms with Gasteiger partial charge in [0.25, 0.3) is 5.91 Å². The van der Waals surface area contributed by atoms with Gasteiger partial charge in [-0.15, -0.1) is 0 Å². The number of aromatic nitrogens is 2. The van der Waals surface area contributed by atoms with Gasteiger partial charge in [-0.3, -0.25) is 19.5 Å². The van der Waals surface area contributed by atoms with E-state index in [1.807, 2.05) is 0 Å². The normalized spacial score (nSPS) is 14.3. The summed E-state index contributed by atoms with van der Waals surface area (Å²) in [7, 11) is 4.39. The van der Waals surface area contributed by atoms with E-state index >= 15 is 0 Å². The van der Waals surface area contributed by atoms with Crippen LogP contribution in [0, 0.1) is 5.82 Å². The molecular weight excluding hydrogens is 527 g/mol. The Morgan fingerprint density at radius 2 is 1.72 bits per heavy atom. The summed E-state index contributed by atoms with van der Waals surface area (Å²) in [5.41, 5.74) is 0.547. The van der Waals surface area contributed by atoms with E-state index in [9.17, 15) is 14.0 Å². The van der Waals surface area contributed by atoms with Crippen LogP contribution in [-0.2, 0) is 4.79 Å². The van der Waals surface area contributed by atoms with Crippen LogP contribution < -0.4 is 24.4 Å². The highest BCUT2D eigenvalue weighted by Gasteiger charge is 2.37. The summed E-state index contributed by atoms with van der Waals surface area (Å²) in [6.07, 6.45) is 8.86. The van der Waals surface area contributed by atoms with Crippen LogP contribution in [0.4, 0.5) is 10.1 Å². The Kier molecular flexibility index (Phi) is 9.19. The number of methoxy groups -OCH3 is 3. The van der Waals surface area contributed by atoms with E-state index in [-0.39, 0.29) is 22.4 Å². The molecule has 39 heavy (non-hydrogen) atoms. The Balaban J connectivity index is 1.92. The number of benzene rings is 2. The van der Waals surface area contributed by atoms with Crippen LogP contribution in [0.5, 0.6) is 17.2 Å². The van der Waals surface area contributed by atoms with Crippen LogP contribution in [0.2, 0.25) is 5.02 Å². The van der Waals surface area contributed by atoms with Gasteiger partial charge in [-0.25, -0.2) is 9.37 Å². The molecule has 1 aliphatic carbocycles. The summed E-state index contributed by atoms with van der Waals surface area (Å²) in [4.78, 5) is 37.5. The van der Waals surface area contributed by atoms with Gasteiger partial charge in [-0.2, -0.15) is 0 Å². The molecule has 9 nitrogen and oxygen atoms in total. The van der Waals surface area contributed by atoms with Gasteiger partial charge in [0.1, 0.15) is 17.6 Å². The number of carbonyl (C=O) groups is 2. The van der Waals surface area contributed by atoms with E-state index < -0.39 is 23.7 Å². The number of nitrogens with one attached hydrogen (secondary N) is 1. The maximum absolute atomic E-state index is 14.2. The lowest BCUT2D eigenvalue weighted by atomic mass is 9.94. The number of nitrogens with zero attached hydrogens (tertiary/aromatic N) is 3. The lowest BCUT2D eigenvalue weighted by Crippen LogP contribution is -2.47. The molecule has 206 valence electrons. The van der Waals surface area contributed by atoms with Crippen molar-refractivity contribution in [3.63, 3.8) is 0 Å². The van der Waals surface area contributed by atoms with E-state index in [0.29, 0.717) is 22.8 Å². The maximum Gasteiger partial charge on any atom is 0.279 e. The van der Waals surface area contributed by atoms with Gasteiger partial charge in [0, 0.05) is 24.1 Å². The number of hydrogen-bond acceptors (Lipinski definition) is 7. The highest BCUT2D eigenvalue weighted by molar-refractivity contribution is 6.31. The molecule has 1 fully saturated rings. The molecule has 2 amide bonds. The fourth-order valence-electron chi connectivity index (χ4n) is 4.76. The van der Waals surface area contributed by atoms with E-state index in [1.54, 1.807) is 12.1 Å². The van der Waals surface area contributed by atoms with Crippen molar-refractivity contribution in [2.45, 2.75) is 44.2 Å². The molecule has 1 saturated carbocycles. The third-order valence-electron chi connectivity index (χ3n) is 6.64. The Hall–Kier alpha value is -3.92. The van der Waals surface area contributed by atoms with Crippen molar-refractivity contribution in [1.29, 1.82) is 0 Å². The standard InChI is InChI=1S/C28H30ClFN4O5/c1-37-23-13-17(14-24(38-2)26(23)39-3)25(27(35)33-18-7-5-4-6-8-18)34(19-9-10-21(30)20(29)15-19)28(36)22-16-31-11-12-32-22/h9-16,18,25H,4-8H2,1-3H3,(H,33,35). The lowest BCUT2D eigenvalue weighted by molar-refractivity contribution is -0.123. The van der Waals surface area contributed by atoms with Gasteiger partial charge in [-0.05, 0) is 48.7 Å². The largest absolute Gasteiger partial charge is 0.493 e. The average Bonchev–Trinajstić information content (AvgIpc) is 2.97. The highest BCUT2D eigenvalue weighted by Crippen LogP contribution is 2.42. The fourth-order valence-corrected chi connectivity index (χ4v) is 4.93. The zero-order valence-corrected chi connectivity index (χ0v) is 22.7. The third kappa shape index (κ3) is 6.22. The summed E-state index contributed by atoms with van der Waals surface area (Å²) in [6, 6.07) is 5.74. The second-order valence-electron chi connectivity index (χ2n) is 9.07. The van der Waals surface area contributed by atoms with Gasteiger partial charge >= 0.3 is 0 Å². The molecule has 0 aliphatic heterocycles. The maximum atomic E-state index is 14.2. The first-order valence-corrected chi connectivity index (χ1v) is 12.9. The molecule has 2 aromatic carbocycles. The van der Waals surface area contributed by atoms with Gasteiger partial charge in [0.05, 0.1) is 32.5 Å². The number of hydrogen-bond donors (Lipinski definition) is 1. The first-order valence-electron chi connectivity index (χ1n) is 12.5. The van der Waals surface area contributed by atoms with E-state index in [1.165, 1.54) is 57.0 Å². The van der Waals surface area contributed by atoms with Crippen molar-refractivity contribution in [2.75, 3.05) is 26.2 Å². The van der Waals surface area contributed by atoms with Crippen LogP contribution in [-0.4, -0.2) is 49.2 Å². The summed E-state index contributed by atoms with van der Waals surface area (Å²) >= 11 is 6.13. The van der Waals surface area contributed by atoms with Crippen LogP contribution in [0.15, 0.2) is 48.9 Å². The molecule has 1 aliphatic rings. The number of carbonyl (C=O) groups excluding carboxylic acids is 2. The first-order chi connectivity index (χ1) is 18.9. The number of ether oxygens (including phenoxy) is 3. The van der Waals surface area contributed by atoms with E-state index in [2.05, 4.69) is 15.3 Å². The van der Waals surface area contributed by atoms with Crippen molar-refractivity contribution < 1.29 is 28.2 Å². The minimum absolute atomic E-state index is 0.0131. The van der Waals surface area contributed by atoms with Crippen molar-refractivity contribution in [3.8, 4) is 17.2 Å². The molecule has 0 bridgehead atoms. The summed E-state index contributed by atoms with van der Waals surface area (Å²) < 4.78 is 30.7. The van der Waals surface area contributed by atoms with Crippen molar-refractivity contribution in [1.82, 2.24) is 15.3 Å². The molecule has 3 aromatic rings. The van der Waals surface area contributed by atoms with Crippen LogP contribution in [0.1, 0.15) is 54.2 Å². The van der Waals surface area contributed by atoms with E-state index in [4.69, 9.17) is 25.8 Å². The second kappa shape index (κ2) is 12.8. The Morgan fingerprint density at radius 1 is 1.03 bits per heavy atom. The lowest BCUT2D eigenvalue weighted by Gasteiger charge is -2.33. The number of rotatable bonds is 9. The van der Waals surface area contributed by atoms with Gasteiger partial charge in [-0.1, -0.05) is 30.9 Å². The second-order valence-corrected chi connectivity index (χ2v) is 9.48. The van der Waals surface area contributed by atoms with Crippen LogP contribution in [0.25, 0.3) is 0 Å². The van der Waals surface area contributed by atoms with Gasteiger partial charge in [0.2, 0.25) is 11.7 Å². The van der Waals surface area contributed by atoms with Crippen molar-refractivity contribution in [3.05, 3.63) is 71.0 Å². The molecule has 1 heterocycles. The predicted molar refractivity (Wildman–Crippen MR) is 144 cm³/mol. The first kappa shape index (κ1) is 28.1. The zero-order chi connectivity index (χ0) is 27.9. The van der Waals surface area contributed by atoms with Crippen LogP contribution in [0.3, 0.4) is 0 Å². The molecule has 4 rings (SSSR count). The molecule has 1 atom stereocenters. The summed E-state index contributed by atoms with van der Waals surface area (Å²) in [6.45, 7) is 0. The molecule has 11 heteroatoms. The molecule has 1 unspecified atom stereocenters. The molecular formula is C28H30ClFN4O5. The summed E-state index contributed by atoms with van der Waals surface area (Å²) in [5, 5.41) is 2.91. The SMILES string of the molecule is COc1cc(C(C(=O)NC2CCCCC2)N(C(=O)c2cnccn2)c2ccc(F)c(Cl)c2)cc(OC)c1OC. The van der Waals surface area contributed by atoms with Crippen molar-refractivity contribution >= 4 is 29.1 Å². The van der Waals surface area contributed by atoms with E-state index in [0.717, 1.165) is 38.2 Å². The average molecular weight is 557 g/mol. The van der Waals surface area contributed by atoms with Crippen LogP contribution >= 0.6 is 11.6 Å². The van der Waals surface area contributed by atoms with Gasteiger partial charge in [0.15, 0.2) is 11.5 Å².